The van der Waals surface area contributed by atoms with Gasteiger partial charge >= 0.3 is 0 Å². The zero-order valence-electron chi connectivity index (χ0n) is 16.8. The number of hydrogen-bond acceptors (Lipinski definition) is 4. The molecule has 1 heterocycles. The first-order valence-corrected chi connectivity index (χ1v) is 9.98. The van der Waals surface area contributed by atoms with E-state index in [9.17, 15) is 9.50 Å². The van der Waals surface area contributed by atoms with Crippen LogP contribution >= 0.6 is 0 Å². The Labute approximate surface area is 174 Å². The highest BCUT2D eigenvalue weighted by atomic mass is 19.1. The molecular weight excluding hydrogens is 383 g/mol. The average Bonchev–Trinajstić information content (AvgIpc) is 3.07. The van der Waals surface area contributed by atoms with Gasteiger partial charge in [0, 0.05) is 34.9 Å². The number of ether oxygens (including phenoxy) is 2. The minimum Gasteiger partial charge on any atom is -0.493 e. The van der Waals surface area contributed by atoms with Crippen molar-refractivity contribution in [3.05, 3.63) is 72.5 Å². The Hall–Kier alpha value is -3.09. The second kappa shape index (κ2) is 9.15. The highest BCUT2D eigenvalue weighted by molar-refractivity contribution is 6.08. The van der Waals surface area contributed by atoms with Gasteiger partial charge < -0.3 is 24.5 Å². The van der Waals surface area contributed by atoms with Crippen molar-refractivity contribution in [1.29, 1.82) is 0 Å². The molecule has 156 valence electrons. The van der Waals surface area contributed by atoms with Gasteiger partial charge in [0.15, 0.2) is 11.5 Å². The first-order valence-electron chi connectivity index (χ1n) is 9.98. The number of methoxy groups -OCH3 is 1. The normalized spacial score (nSPS) is 12.4. The first-order chi connectivity index (χ1) is 14.7. The van der Waals surface area contributed by atoms with Crippen LogP contribution in [0.4, 0.5) is 4.39 Å². The number of aromatic nitrogens is 1. The van der Waals surface area contributed by atoms with Crippen molar-refractivity contribution in [3.8, 4) is 11.5 Å². The van der Waals surface area contributed by atoms with Gasteiger partial charge in [0.1, 0.15) is 12.4 Å². The van der Waals surface area contributed by atoms with Crippen molar-refractivity contribution in [2.45, 2.75) is 12.6 Å². The van der Waals surface area contributed by atoms with Crippen LogP contribution < -0.4 is 14.8 Å². The lowest BCUT2D eigenvalue weighted by Crippen LogP contribution is -2.32. The number of aliphatic hydroxyl groups excluding tert-OH is 1. The first kappa shape index (κ1) is 20.2. The molecule has 0 fully saturated rings. The molecule has 1 aromatic heterocycles. The van der Waals surface area contributed by atoms with Gasteiger partial charge in [-0.2, -0.15) is 0 Å². The molecule has 0 saturated carbocycles. The van der Waals surface area contributed by atoms with Gasteiger partial charge in [0.05, 0.1) is 19.8 Å². The highest BCUT2D eigenvalue weighted by Gasteiger charge is 2.14. The van der Waals surface area contributed by atoms with E-state index in [-0.39, 0.29) is 5.82 Å². The Morgan fingerprint density at radius 1 is 0.967 bits per heavy atom. The lowest BCUT2D eigenvalue weighted by molar-refractivity contribution is 0.152. The maximum atomic E-state index is 13.8. The van der Waals surface area contributed by atoms with Crippen LogP contribution in [0, 0.1) is 5.82 Å². The molecule has 0 amide bonds. The third-order valence-electron chi connectivity index (χ3n) is 5.11. The molecule has 4 rings (SSSR count). The van der Waals surface area contributed by atoms with Crippen LogP contribution in [0.2, 0.25) is 0 Å². The van der Waals surface area contributed by atoms with Gasteiger partial charge in [0.25, 0.3) is 0 Å². The maximum Gasteiger partial charge on any atom is 0.161 e. The third-order valence-corrected chi connectivity index (χ3v) is 5.11. The van der Waals surface area contributed by atoms with Crippen molar-refractivity contribution in [3.63, 3.8) is 0 Å². The van der Waals surface area contributed by atoms with Gasteiger partial charge in [-0.05, 0) is 36.4 Å². The smallest absolute Gasteiger partial charge is 0.161 e. The number of hydrogen-bond donors (Lipinski definition) is 2. The summed E-state index contributed by atoms with van der Waals surface area (Å²) in [6, 6.07) is 20.1. The molecule has 0 aliphatic rings. The Kier molecular flexibility index (Phi) is 6.16. The lowest BCUT2D eigenvalue weighted by atomic mass is 10.1. The topological polar surface area (TPSA) is 55.6 Å². The Morgan fingerprint density at radius 3 is 2.53 bits per heavy atom. The number of halogens is 1. The van der Waals surface area contributed by atoms with E-state index in [1.54, 1.807) is 19.2 Å². The van der Waals surface area contributed by atoms with Crippen molar-refractivity contribution < 1.29 is 19.0 Å². The number of nitrogens with one attached hydrogen (secondary N) is 1. The summed E-state index contributed by atoms with van der Waals surface area (Å²) >= 11 is 0. The predicted molar refractivity (Wildman–Crippen MR) is 117 cm³/mol. The highest BCUT2D eigenvalue weighted by Crippen LogP contribution is 2.29. The summed E-state index contributed by atoms with van der Waals surface area (Å²) in [6.07, 6.45) is -0.597. The molecule has 5 nitrogen and oxygen atoms in total. The summed E-state index contributed by atoms with van der Waals surface area (Å²) in [5.41, 5.74) is 1.90. The van der Waals surface area contributed by atoms with E-state index in [1.165, 1.54) is 6.07 Å². The molecule has 1 atom stereocenters. The number of para-hydroxylation sites is 3. The molecule has 0 saturated heterocycles. The number of nitrogens with zero attached hydrogens (tertiary/aromatic N) is 1. The van der Waals surface area contributed by atoms with Crippen molar-refractivity contribution in [2.75, 3.05) is 26.8 Å². The molecule has 1 unspecified atom stereocenters. The third kappa shape index (κ3) is 4.25. The Balaban J connectivity index is 1.36. The molecule has 0 radical (unpaired) electrons. The number of aliphatic hydroxyl groups is 1. The van der Waals surface area contributed by atoms with Crippen LogP contribution in [-0.4, -0.2) is 42.6 Å². The van der Waals surface area contributed by atoms with E-state index in [2.05, 4.69) is 5.32 Å². The second-order valence-electron chi connectivity index (χ2n) is 7.15. The predicted octanol–water partition coefficient (Wildman–Crippen LogP) is 3.97. The number of fused-ring (bicyclic) bond motifs is 3. The fraction of sp³-hybridized carbons (Fsp3) is 0.250. The van der Waals surface area contributed by atoms with E-state index in [0.29, 0.717) is 37.7 Å². The van der Waals surface area contributed by atoms with Crippen LogP contribution in [0.3, 0.4) is 0 Å². The van der Waals surface area contributed by atoms with E-state index >= 15 is 0 Å². The minimum atomic E-state index is -0.597. The minimum absolute atomic E-state index is 0.261. The van der Waals surface area contributed by atoms with Gasteiger partial charge in [-0.1, -0.05) is 30.3 Å². The van der Waals surface area contributed by atoms with Crippen molar-refractivity contribution >= 4 is 21.8 Å². The SMILES string of the molecule is COc1ccccc1OCCNCC(O)Cn1c2ccccc2c2cc(F)ccc21. The van der Waals surface area contributed by atoms with Crippen LogP contribution in [0.25, 0.3) is 21.8 Å². The molecule has 4 aromatic rings. The van der Waals surface area contributed by atoms with Crippen LogP contribution in [0.15, 0.2) is 66.7 Å². The van der Waals surface area contributed by atoms with Crippen LogP contribution in [0.1, 0.15) is 0 Å². The summed E-state index contributed by atoms with van der Waals surface area (Å²) < 4.78 is 26.8. The summed E-state index contributed by atoms with van der Waals surface area (Å²) in [7, 11) is 1.61. The number of rotatable bonds is 9. The second-order valence-corrected chi connectivity index (χ2v) is 7.15. The quantitative estimate of drug-likeness (QED) is 0.412. The zero-order chi connectivity index (χ0) is 20.9. The van der Waals surface area contributed by atoms with E-state index in [0.717, 1.165) is 21.8 Å². The monoisotopic (exact) mass is 408 g/mol. The molecular formula is C24H25FN2O3. The maximum absolute atomic E-state index is 13.8. The molecule has 0 bridgehead atoms. The molecule has 0 aliphatic carbocycles. The summed E-state index contributed by atoms with van der Waals surface area (Å²) in [4.78, 5) is 0. The Bertz CT molecular complexity index is 1140. The van der Waals surface area contributed by atoms with E-state index in [1.807, 2.05) is 53.1 Å². The Morgan fingerprint density at radius 2 is 1.70 bits per heavy atom. The summed E-state index contributed by atoms with van der Waals surface area (Å²) in [6.45, 7) is 1.88. The largest absolute Gasteiger partial charge is 0.493 e. The van der Waals surface area contributed by atoms with Gasteiger partial charge in [-0.15, -0.1) is 0 Å². The fourth-order valence-electron chi connectivity index (χ4n) is 3.74. The summed E-state index contributed by atoms with van der Waals surface area (Å²) in [5.74, 6) is 1.13. The van der Waals surface area contributed by atoms with E-state index < -0.39 is 6.10 Å². The van der Waals surface area contributed by atoms with Gasteiger partial charge in [-0.3, -0.25) is 0 Å². The molecule has 6 heteroatoms. The molecule has 30 heavy (non-hydrogen) atoms. The summed E-state index contributed by atoms with van der Waals surface area (Å²) in [5, 5.41) is 15.6. The average molecular weight is 408 g/mol. The van der Waals surface area contributed by atoms with Crippen LogP contribution in [-0.2, 0) is 6.54 Å². The standard InChI is InChI=1S/C24H25FN2O3/c1-29-23-8-4-5-9-24(23)30-13-12-26-15-18(28)16-27-21-7-3-2-6-19(21)20-14-17(25)10-11-22(20)27/h2-11,14,18,26,28H,12-13,15-16H2,1H3. The molecule has 0 spiro atoms. The van der Waals surface area contributed by atoms with E-state index in [4.69, 9.17) is 9.47 Å². The zero-order valence-corrected chi connectivity index (χ0v) is 16.8. The number of benzene rings is 3. The van der Waals surface area contributed by atoms with Crippen molar-refractivity contribution in [1.82, 2.24) is 9.88 Å². The molecule has 0 aliphatic heterocycles. The molecule has 2 N–H and O–H groups in total. The fourth-order valence-corrected chi connectivity index (χ4v) is 3.74. The van der Waals surface area contributed by atoms with Crippen LogP contribution in [0.5, 0.6) is 11.5 Å². The lowest BCUT2D eigenvalue weighted by Gasteiger charge is -2.15. The molecule has 3 aromatic carbocycles. The van der Waals surface area contributed by atoms with Crippen molar-refractivity contribution in [2.24, 2.45) is 0 Å². The van der Waals surface area contributed by atoms with Gasteiger partial charge in [-0.25, -0.2) is 4.39 Å². The van der Waals surface area contributed by atoms with Gasteiger partial charge in [0.2, 0.25) is 0 Å².